The first-order valence-electron chi connectivity index (χ1n) is 10.1. The maximum Gasteiger partial charge on any atom is 0.241 e. The molecule has 0 aliphatic carbocycles. The Hall–Kier alpha value is -2.54. The summed E-state index contributed by atoms with van der Waals surface area (Å²) in [6.07, 6.45) is 1.79. The molecule has 1 amide bonds. The number of ether oxygens (including phenoxy) is 1. The number of aryl methyl sites for hydroxylation is 1. The molecule has 0 fully saturated rings. The van der Waals surface area contributed by atoms with Gasteiger partial charge in [-0.05, 0) is 54.2 Å². The number of rotatable bonds is 9. The minimum atomic E-state index is -3.61. The lowest BCUT2D eigenvalue weighted by molar-refractivity contribution is -0.120. The molecule has 2 aromatic carbocycles. The number of nitrogens with zero attached hydrogens (tertiary/aromatic N) is 1. The Labute approximate surface area is 180 Å². The van der Waals surface area contributed by atoms with Crippen LogP contribution >= 0.6 is 0 Å². The number of benzene rings is 2. The van der Waals surface area contributed by atoms with Crippen molar-refractivity contribution in [3.63, 3.8) is 0 Å². The third kappa shape index (κ3) is 5.98. The summed E-state index contributed by atoms with van der Waals surface area (Å²) < 4.78 is 31.2. The lowest BCUT2D eigenvalue weighted by atomic mass is 10.0. The van der Waals surface area contributed by atoms with E-state index in [1.165, 1.54) is 0 Å². The molecular formula is C23H32N2O4S. The maximum atomic E-state index is 12.8. The molecule has 0 saturated heterocycles. The first-order chi connectivity index (χ1) is 14.1. The number of methoxy groups -OCH3 is 1. The Kier molecular flexibility index (Phi) is 7.89. The van der Waals surface area contributed by atoms with E-state index in [4.69, 9.17) is 4.74 Å². The normalized spacial score (nSPS) is 12.5. The van der Waals surface area contributed by atoms with Crippen LogP contribution in [0.25, 0.3) is 0 Å². The average molecular weight is 433 g/mol. The molecule has 7 heteroatoms. The number of anilines is 1. The van der Waals surface area contributed by atoms with Gasteiger partial charge < -0.3 is 10.1 Å². The highest BCUT2D eigenvalue weighted by molar-refractivity contribution is 7.92. The predicted molar refractivity (Wildman–Crippen MR) is 122 cm³/mol. The van der Waals surface area contributed by atoms with Gasteiger partial charge in [-0.2, -0.15) is 0 Å². The van der Waals surface area contributed by atoms with Crippen molar-refractivity contribution in [3.05, 3.63) is 59.2 Å². The van der Waals surface area contributed by atoms with Crippen molar-refractivity contribution >= 4 is 21.6 Å². The molecule has 2 rings (SSSR count). The van der Waals surface area contributed by atoms with Crippen molar-refractivity contribution in [2.45, 2.75) is 46.1 Å². The highest BCUT2D eigenvalue weighted by atomic mass is 32.2. The van der Waals surface area contributed by atoms with Gasteiger partial charge in [0.2, 0.25) is 15.9 Å². The van der Waals surface area contributed by atoms with Gasteiger partial charge in [-0.15, -0.1) is 0 Å². The zero-order chi connectivity index (χ0) is 22.5. The summed E-state index contributed by atoms with van der Waals surface area (Å²) in [4.78, 5) is 12.8. The number of carbonyl (C=O) groups excluding carboxylic acids is 1. The third-order valence-corrected chi connectivity index (χ3v) is 6.24. The van der Waals surface area contributed by atoms with Crippen molar-refractivity contribution < 1.29 is 17.9 Å². The van der Waals surface area contributed by atoms with E-state index in [-0.39, 0.29) is 18.5 Å². The molecular weight excluding hydrogens is 400 g/mol. The molecule has 1 N–H and O–H groups in total. The SMILES string of the molecule is CCC(NC(=O)CN(c1ccc(C(C)C)cc1)S(C)(=O)=O)c1ccc(OC)c(C)c1. The first-order valence-corrected chi connectivity index (χ1v) is 11.9. The number of hydrogen-bond acceptors (Lipinski definition) is 4. The van der Waals surface area contributed by atoms with E-state index >= 15 is 0 Å². The van der Waals surface area contributed by atoms with E-state index in [0.717, 1.165) is 33.0 Å². The molecule has 1 atom stereocenters. The van der Waals surface area contributed by atoms with E-state index in [1.807, 2.05) is 44.2 Å². The van der Waals surface area contributed by atoms with Crippen molar-refractivity contribution in [1.29, 1.82) is 0 Å². The molecule has 164 valence electrons. The Morgan fingerprint density at radius 1 is 1.10 bits per heavy atom. The lowest BCUT2D eigenvalue weighted by Gasteiger charge is -2.24. The van der Waals surface area contributed by atoms with E-state index in [1.54, 1.807) is 19.2 Å². The standard InChI is InChI=1S/C23H32N2O4S/c1-7-21(19-10-13-22(29-5)17(4)14-19)24-23(26)15-25(30(6,27)28)20-11-8-18(9-12-20)16(2)3/h8-14,16,21H,7,15H2,1-6H3,(H,24,26). The van der Waals surface area contributed by atoms with Gasteiger partial charge in [-0.25, -0.2) is 8.42 Å². The van der Waals surface area contributed by atoms with Crippen LogP contribution in [-0.2, 0) is 14.8 Å². The summed E-state index contributed by atoms with van der Waals surface area (Å²) in [5.74, 6) is 0.772. The fourth-order valence-corrected chi connectivity index (χ4v) is 4.19. The average Bonchev–Trinajstić information content (AvgIpc) is 2.69. The summed E-state index contributed by atoms with van der Waals surface area (Å²) in [5, 5.41) is 2.96. The van der Waals surface area contributed by atoms with Crippen LogP contribution in [0.1, 0.15) is 55.8 Å². The van der Waals surface area contributed by atoms with Crippen molar-refractivity contribution in [2.24, 2.45) is 0 Å². The molecule has 30 heavy (non-hydrogen) atoms. The van der Waals surface area contributed by atoms with Crippen LogP contribution in [0.3, 0.4) is 0 Å². The van der Waals surface area contributed by atoms with E-state index in [9.17, 15) is 13.2 Å². The molecule has 0 aliphatic rings. The van der Waals surface area contributed by atoms with Gasteiger partial charge in [-0.3, -0.25) is 9.10 Å². The second-order valence-electron chi connectivity index (χ2n) is 7.77. The highest BCUT2D eigenvalue weighted by Crippen LogP contribution is 2.25. The Morgan fingerprint density at radius 2 is 1.70 bits per heavy atom. The molecule has 0 bridgehead atoms. The minimum absolute atomic E-state index is 0.216. The highest BCUT2D eigenvalue weighted by Gasteiger charge is 2.23. The zero-order valence-electron chi connectivity index (χ0n) is 18.6. The summed E-state index contributed by atoms with van der Waals surface area (Å²) in [7, 11) is -1.99. The summed E-state index contributed by atoms with van der Waals surface area (Å²) in [6, 6.07) is 12.8. The van der Waals surface area contributed by atoms with Gasteiger partial charge in [0, 0.05) is 0 Å². The van der Waals surface area contributed by atoms with Crippen LogP contribution in [0, 0.1) is 6.92 Å². The Balaban J connectivity index is 2.19. The molecule has 1 unspecified atom stereocenters. The van der Waals surface area contributed by atoms with Gasteiger partial charge in [0.15, 0.2) is 0 Å². The zero-order valence-corrected chi connectivity index (χ0v) is 19.4. The first kappa shape index (κ1) is 23.7. The molecule has 0 aliphatic heterocycles. The molecule has 2 aromatic rings. The molecule has 6 nitrogen and oxygen atoms in total. The van der Waals surface area contributed by atoms with E-state index in [2.05, 4.69) is 19.2 Å². The second kappa shape index (κ2) is 9.98. The fourth-order valence-electron chi connectivity index (χ4n) is 3.34. The van der Waals surface area contributed by atoms with Gasteiger partial charge in [0.1, 0.15) is 12.3 Å². The summed E-state index contributed by atoms with van der Waals surface area (Å²) in [6.45, 7) is 7.79. The molecule has 0 heterocycles. The van der Waals surface area contributed by atoms with Crippen LogP contribution in [-0.4, -0.2) is 34.2 Å². The molecule has 0 radical (unpaired) electrons. The smallest absolute Gasteiger partial charge is 0.241 e. The van der Waals surface area contributed by atoms with Crippen molar-refractivity contribution in [3.8, 4) is 5.75 Å². The fraction of sp³-hybridized carbons (Fsp3) is 0.435. The van der Waals surface area contributed by atoms with Crippen LogP contribution < -0.4 is 14.4 Å². The number of nitrogens with one attached hydrogen (secondary N) is 1. The molecule has 0 spiro atoms. The maximum absolute atomic E-state index is 12.8. The Bertz CT molecular complexity index is 969. The van der Waals surface area contributed by atoms with E-state index in [0.29, 0.717) is 18.0 Å². The van der Waals surface area contributed by atoms with Crippen molar-refractivity contribution in [1.82, 2.24) is 5.32 Å². The predicted octanol–water partition coefficient (Wildman–Crippen LogP) is 4.16. The van der Waals surface area contributed by atoms with Crippen LogP contribution in [0.4, 0.5) is 5.69 Å². The molecule has 0 saturated carbocycles. The van der Waals surface area contributed by atoms with Gasteiger partial charge in [0.25, 0.3) is 0 Å². The second-order valence-corrected chi connectivity index (χ2v) is 9.68. The number of carbonyl (C=O) groups is 1. The third-order valence-electron chi connectivity index (χ3n) is 5.10. The van der Waals surface area contributed by atoms with Crippen LogP contribution in [0.15, 0.2) is 42.5 Å². The number of amides is 1. The number of sulfonamides is 1. The monoisotopic (exact) mass is 432 g/mol. The molecule has 0 aromatic heterocycles. The number of hydrogen-bond donors (Lipinski definition) is 1. The Morgan fingerprint density at radius 3 is 2.17 bits per heavy atom. The summed E-state index contributed by atoms with van der Waals surface area (Å²) >= 11 is 0. The van der Waals surface area contributed by atoms with Crippen LogP contribution in [0.2, 0.25) is 0 Å². The van der Waals surface area contributed by atoms with E-state index < -0.39 is 10.0 Å². The minimum Gasteiger partial charge on any atom is -0.496 e. The summed E-state index contributed by atoms with van der Waals surface area (Å²) in [5.41, 5.74) is 3.52. The van der Waals surface area contributed by atoms with Crippen LogP contribution in [0.5, 0.6) is 5.75 Å². The van der Waals surface area contributed by atoms with Crippen molar-refractivity contribution in [2.75, 3.05) is 24.2 Å². The van der Waals surface area contributed by atoms with Gasteiger partial charge in [0.05, 0.1) is 25.1 Å². The van der Waals surface area contributed by atoms with Gasteiger partial charge >= 0.3 is 0 Å². The lowest BCUT2D eigenvalue weighted by Crippen LogP contribution is -2.41. The topological polar surface area (TPSA) is 75.7 Å². The largest absolute Gasteiger partial charge is 0.496 e. The quantitative estimate of drug-likeness (QED) is 0.646. The van der Waals surface area contributed by atoms with Gasteiger partial charge in [-0.1, -0.05) is 45.0 Å².